The number of hydrogen-bond donors (Lipinski definition) is 3. The van der Waals surface area contributed by atoms with Crippen LogP contribution in [-0.4, -0.2) is 51.7 Å². The van der Waals surface area contributed by atoms with Crippen molar-refractivity contribution in [3.05, 3.63) is 11.8 Å². The number of aliphatic hydroxyl groups is 2. The maximum Gasteiger partial charge on any atom is 0.226 e. The van der Waals surface area contributed by atoms with Gasteiger partial charge in [-0.25, -0.2) is 0 Å². The van der Waals surface area contributed by atoms with Crippen molar-refractivity contribution in [2.75, 3.05) is 19.0 Å². The topological polar surface area (TPSA) is 81.8 Å². The third-order valence-corrected chi connectivity index (χ3v) is 4.71. The summed E-state index contributed by atoms with van der Waals surface area (Å²) in [5, 5.41) is 26.8. The number of nitrogens with zero attached hydrogens (tertiary/aromatic N) is 2. The maximum absolute atomic E-state index is 10.5. The lowest BCUT2D eigenvalue weighted by Crippen LogP contribution is -2.56. The zero-order valence-electron chi connectivity index (χ0n) is 14.8. The standard InChI is InChI=1S/C16H31N3O3/c1-8-11(2)19(7)16(5,6)14(21)17-13-9-12(18-22-13)15(3,4)10-20/h9,11,14,17,20-21H,8,10H2,1-7H3/t11-,14?/m0/s1. The number of aliphatic hydroxyl groups excluding tert-OH is 2. The van der Waals surface area contributed by atoms with E-state index in [0.717, 1.165) is 6.42 Å². The molecule has 1 aromatic rings. The largest absolute Gasteiger partial charge is 0.395 e. The van der Waals surface area contributed by atoms with Gasteiger partial charge in [-0.05, 0) is 34.2 Å². The molecule has 1 heterocycles. The van der Waals surface area contributed by atoms with E-state index >= 15 is 0 Å². The highest BCUT2D eigenvalue weighted by Gasteiger charge is 2.35. The van der Waals surface area contributed by atoms with Gasteiger partial charge < -0.3 is 20.1 Å². The van der Waals surface area contributed by atoms with Crippen LogP contribution >= 0.6 is 0 Å². The number of anilines is 1. The van der Waals surface area contributed by atoms with Crippen molar-refractivity contribution in [1.29, 1.82) is 0 Å². The van der Waals surface area contributed by atoms with E-state index in [2.05, 4.69) is 29.2 Å². The smallest absolute Gasteiger partial charge is 0.226 e. The highest BCUT2D eigenvalue weighted by Crippen LogP contribution is 2.27. The molecule has 0 aliphatic heterocycles. The second-order valence-electron chi connectivity index (χ2n) is 7.19. The minimum Gasteiger partial charge on any atom is -0.395 e. The maximum atomic E-state index is 10.5. The normalized spacial score (nSPS) is 15.9. The van der Waals surface area contributed by atoms with Crippen molar-refractivity contribution < 1.29 is 14.7 Å². The molecule has 0 aliphatic rings. The molecule has 6 heteroatoms. The molecule has 0 radical (unpaired) electrons. The van der Waals surface area contributed by atoms with Gasteiger partial charge in [-0.2, -0.15) is 0 Å². The Bertz CT molecular complexity index is 471. The van der Waals surface area contributed by atoms with Crippen molar-refractivity contribution in [1.82, 2.24) is 10.1 Å². The minimum atomic E-state index is -0.815. The molecule has 128 valence electrons. The van der Waals surface area contributed by atoms with Gasteiger partial charge in [0.2, 0.25) is 5.88 Å². The second kappa shape index (κ2) is 6.98. The zero-order valence-corrected chi connectivity index (χ0v) is 14.8. The van der Waals surface area contributed by atoms with E-state index in [0.29, 0.717) is 17.6 Å². The molecule has 1 aromatic heterocycles. The van der Waals surface area contributed by atoms with Gasteiger partial charge in [-0.1, -0.05) is 25.9 Å². The number of rotatable bonds is 8. The fourth-order valence-electron chi connectivity index (χ4n) is 2.09. The van der Waals surface area contributed by atoms with Gasteiger partial charge in [-0.15, -0.1) is 0 Å². The van der Waals surface area contributed by atoms with Crippen molar-refractivity contribution in [3.63, 3.8) is 0 Å². The summed E-state index contributed by atoms with van der Waals surface area (Å²) in [7, 11) is 2.00. The van der Waals surface area contributed by atoms with Crippen LogP contribution in [0.3, 0.4) is 0 Å². The van der Waals surface area contributed by atoms with Gasteiger partial charge in [-0.3, -0.25) is 4.90 Å². The lowest BCUT2D eigenvalue weighted by molar-refractivity contribution is -0.00102. The highest BCUT2D eigenvalue weighted by molar-refractivity contribution is 5.35. The SMILES string of the molecule is CC[C@H](C)N(C)C(C)(C)C(O)Nc1cc(C(C)(C)CO)no1. The number of nitrogens with one attached hydrogen (secondary N) is 1. The first-order valence-corrected chi connectivity index (χ1v) is 7.81. The molecule has 3 N–H and O–H groups in total. The van der Waals surface area contributed by atoms with E-state index in [1.165, 1.54) is 0 Å². The third kappa shape index (κ3) is 4.00. The van der Waals surface area contributed by atoms with Crippen molar-refractivity contribution in [2.24, 2.45) is 0 Å². The molecule has 0 spiro atoms. The zero-order chi connectivity index (χ0) is 17.1. The summed E-state index contributed by atoms with van der Waals surface area (Å²) in [5.74, 6) is 0.398. The van der Waals surface area contributed by atoms with Crippen LogP contribution in [0.2, 0.25) is 0 Å². The predicted molar refractivity (Wildman–Crippen MR) is 87.8 cm³/mol. The van der Waals surface area contributed by atoms with E-state index in [1.54, 1.807) is 6.07 Å². The molecule has 0 aliphatic carbocycles. The van der Waals surface area contributed by atoms with Gasteiger partial charge in [0.25, 0.3) is 0 Å². The Morgan fingerprint density at radius 3 is 2.45 bits per heavy atom. The molecule has 0 saturated heterocycles. The monoisotopic (exact) mass is 313 g/mol. The molecule has 0 saturated carbocycles. The molecule has 0 fully saturated rings. The molecular formula is C16H31N3O3. The number of aromatic nitrogens is 1. The van der Waals surface area contributed by atoms with Gasteiger partial charge >= 0.3 is 0 Å². The minimum absolute atomic E-state index is 0.0240. The fraction of sp³-hybridized carbons (Fsp3) is 0.812. The number of hydrogen-bond acceptors (Lipinski definition) is 6. The van der Waals surface area contributed by atoms with Gasteiger partial charge in [0.1, 0.15) is 6.23 Å². The molecule has 0 amide bonds. The molecule has 1 rings (SSSR count). The van der Waals surface area contributed by atoms with Crippen molar-refractivity contribution in [3.8, 4) is 0 Å². The van der Waals surface area contributed by atoms with Gasteiger partial charge in [0.15, 0.2) is 0 Å². The Balaban J connectivity index is 2.82. The predicted octanol–water partition coefficient (Wildman–Crippen LogP) is 2.18. The molecule has 22 heavy (non-hydrogen) atoms. The summed E-state index contributed by atoms with van der Waals surface area (Å²) in [5.41, 5.74) is -0.301. The van der Waals surface area contributed by atoms with Crippen LogP contribution in [-0.2, 0) is 5.41 Å². The lowest BCUT2D eigenvalue weighted by atomic mass is 9.91. The highest BCUT2D eigenvalue weighted by atomic mass is 16.5. The van der Waals surface area contributed by atoms with Gasteiger partial charge in [0.05, 0.1) is 17.8 Å². The Morgan fingerprint density at radius 2 is 1.95 bits per heavy atom. The number of likely N-dealkylation sites (N-methyl/N-ethyl adjacent to an activating group) is 1. The summed E-state index contributed by atoms with van der Waals surface area (Å²) < 4.78 is 5.23. The molecular weight excluding hydrogens is 282 g/mol. The quantitative estimate of drug-likeness (QED) is 0.638. The summed E-state index contributed by atoms with van der Waals surface area (Å²) in [6, 6.07) is 2.07. The summed E-state index contributed by atoms with van der Waals surface area (Å²) in [6.07, 6.45) is 0.189. The fourth-order valence-corrected chi connectivity index (χ4v) is 2.09. The van der Waals surface area contributed by atoms with Crippen LogP contribution in [0.4, 0.5) is 5.88 Å². The third-order valence-electron chi connectivity index (χ3n) is 4.71. The van der Waals surface area contributed by atoms with Gasteiger partial charge in [0, 0.05) is 17.5 Å². The first kappa shape index (κ1) is 18.9. The van der Waals surface area contributed by atoms with E-state index in [9.17, 15) is 10.2 Å². The van der Waals surface area contributed by atoms with E-state index in [4.69, 9.17) is 4.52 Å². The summed E-state index contributed by atoms with van der Waals surface area (Å²) >= 11 is 0. The van der Waals surface area contributed by atoms with Crippen LogP contribution in [0.15, 0.2) is 10.6 Å². The van der Waals surface area contributed by atoms with Crippen LogP contribution in [0.25, 0.3) is 0 Å². The Hall–Kier alpha value is -1.11. The van der Waals surface area contributed by atoms with E-state index in [-0.39, 0.29) is 6.61 Å². The first-order valence-electron chi connectivity index (χ1n) is 7.81. The second-order valence-corrected chi connectivity index (χ2v) is 7.19. The molecule has 2 atom stereocenters. The van der Waals surface area contributed by atoms with Crippen molar-refractivity contribution in [2.45, 2.75) is 71.2 Å². The van der Waals surface area contributed by atoms with Crippen LogP contribution in [0.1, 0.15) is 53.7 Å². The van der Waals surface area contributed by atoms with Crippen LogP contribution in [0.5, 0.6) is 0 Å². The lowest BCUT2D eigenvalue weighted by Gasteiger charge is -2.42. The Morgan fingerprint density at radius 1 is 1.36 bits per heavy atom. The van der Waals surface area contributed by atoms with Crippen LogP contribution < -0.4 is 5.32 Å². The molecule has 0 bridgehead atoms. The van der Waals surface area contributed by atoms with Crippen LogP contribution in [0, 0.1) is 0 Å². The first-order chi connectivity index (χ1) is 10.1. The van der Waals surface area contributed by atoms with Crippen molar-refractivity contribution >= 4 is 5.88 Å². The molecule has 6 nitrogen and oxygen atoms in total. The average Bonchev–Trinajstić information content (AvgIpc) is 2.94. The summed E-state index contributed by atoms with van der Waals surface area (Å²) in [6.45, 7) is 11.9. The Kier molecular flexibility index (Phi) is 6.01. The average molecular weight is 313 g/mol. The molecule has 1 unspecified atom stereocenters. The van der Waals surface area contributed by atoms with E-state index in [1.807, 2.05) is 34.7 Å². The molecule has 0 aromatic carbocycles. The van der Waals surface area contributed by atoms with E-state index < -0.39 is 17.2 Å². The Labute approximate surface area is 133 Å². The summed E-state index contributed by atoms with van der Waals surface area (Å²) in [4.78, 5) is 2.14.